The van der Waals surface area contributed by atoms with Crippen LogP contribution in [0.3, 0.4) is 0 Å². The van der Waals surface area contributed by atoms with Crippen molar-refractivity contribution in [2.24, 2.45) is 0 Å². The molecule has 0 saturated carbocycles. The first-order valence-corrected chi connectivity index (χ1v) is 7.40. The Kier molecular flexibility index (Phi) is 5.08. The van der Waals surface area contributed by atoms with Gasteiger partial charge in [-0.15, -0.1) is 0 Å². The topological polar surface area (TPSA) is 103 Å². The van der Waals surface area contributed by atoms with E-state index in [1.807, 2.05) is 0 Å². The number of piperidine rings is 1. The molecule has 0 spiro atoms. The van der Waals surface area contributed by atoms with Gasteiger partial charge in [0.05, 0.1) is 19.1 Å². The Bertz CT molecular complexity index is 734. The van der Waals surface area contributed by atoms with Crippen LogP contribution in [0, 0.1) is 0 Å². The maximum absolute atomic E-state index is 14.2. The van der Waals surface area contributed by atoms with Crippen molar-refractivity contribution >= 4 is 24.4 Å². The van der Waals surface area contributed by atoms with Crippen LogP contribution in [-0.2, 0) is 19.1 Å². The van der Waals surface area contributed by atoms with Gasteiger partial charge in [-0.1, -0.05) is 0 Å². The van der Waals surface area contributed by atoms with E-state index in [4.69, 9.17) is 4.74 Å². The normalized spacial score (nSPS) is 22.0. The average molecular weight is 337 g/mol. The molecule has 1 atom stereocenters. The summed E-state index contributed by atoms with van der Waals surface area (Å²) in [7, 11) is 1.40. The van der Waals surface area contributed by atoms with Crippen LogP contribution in [0.4, 0.5) is 4.39 Å². The van der Waals surface area contributed by atoms with E-state index in [0.717, 1.165) is 4.58 Å². The molecule has 24 heavy (non-hydrogen) atoms. The number of allylic oxidation sites excluding steroid dienone is 2. The summed E-state index contributed by atoms with van der Waals surface area (Å²) in [6, 6.07) is -0.885. The van der Waals surface area contributed by atoms with Crippen molar-refractivity contribution in [3.63, 3.8) is 0 Å². The number of hydrogen-bond acceptors (Lipinski definition) is 4. The highest BCUT2D eigenvalue weighted by molar-refractivity contribution is 6.01. The highest BCUT2D eigenvalue weighted by Crippen LogP contribution is 2.28. The molecule has 1 unspecified atom stereocenters. The third-order valence-corrected chi connectivity index (χ3v) is 4.10. The summed E-state index contributed by atoms with van der Waals surface area (Å²) < 4.78 is 20.4. The van der Waals surface area contributed by atoms with Gasteiger partial charge in [-0.25, -0.2) is 9.18 Å². The van der Waals surface area contributed by atoms with Crippen molar-refractivity contribution in [3.8, 4) is 0 Å². The maximum atomic E-state index is 14.2. The van der Waals surface area contributed by atoms with Crippen LogP contribution in [0.2, 0.25) is 0 Å². The molecule has 0 bridgehead atoms. The van der Waals surface area contributed by atoms with Crippen molar-refractivity contribution in [3.05, 3.63) is 34.5 Å². The number of carbonyl (C=O) groups is 3. The Morgan fingerprint density at radius 2 is 2.17 bits per heavy atom. The number of methoxy groups -OCH3 is 1. The zero-order valence-electron chi connectivity index (χ0n) is 13.6. The molecule has 2 rings (SSSR count). The Morgan fingerprint density at radius 1 is 1.50 bits per heavy atom. The molecule has 8 heteroatoms. The van der Waals surface area contributed by atoms with E-state index < -0.39 is 23.7 Å². The summed E-state index contributed by atoms with van der Waals surface area (Å²) in [5.74, 6) is -1.81. The zero-order chi connectivity index (χ0) is 18.0. The molecule has 7 nitrogen and oxygen atoms in total. The number of quaternary nitrogens is 1. The Morgan fingerprint density at radius 3 is 2.75 bits per heavy atom. The molecule has 1 heterocycles. The first-order valence-electron chi connectivity index (χ1n) is 7.40. The fourth-order valence-electron chi connectivity index (χ4n) is 2.60. The third-order valence-electron chi connectivity index (χ3n) is 4.10. The smallest absolute Gasteiger partial charge is 0.420 e. The second-order valence-corrected chi connectivity index (χ2v) is 5.68. The van der Waals surface area contributed by atoms with Gasteiger partial charge in [-0.2, -0.15) is 4.58 Å². The molecule has 0 aromatic carbocycles. The quantitative estimate of drug-likeness (QED) is 0.419. The molecule has 3 amide bonds. The summed E-state index contributed by atoms with van der Waals surface area (Å²) in [6.07, 6.45) is 1.63. The monoisotopic (exact) mass is 337 g/mol. The van der Waals surface area contributed by atoms with Crippen LogP contribution < -0.4 is 11.1 Å². The van der Waals surface area contributed by atoms with Crippen LogP contribution in [0.15, 0.2) is 34.5 Å². The molecule has 1 saturated heterocycles. The van der Waals surface area contributed by atoms with Crippen LogP contribution in [0.1, 0.15) is 26.2 Å². The number of ether oxygens (including phenoxy) is 1. The van der Waals surface area contributed by atoms with Gasteiger partial charge in [-0.05, 0) is 12.5 Å². The predicted octanol–water partition coefficient (Wildman–Crippen LogP) is -0.295. The maximum Gasteiger partial charge on any atom is 0.420 e. The largest absolute Gasteiger partial charge is 0.491 e. The van der Waals surface area contributed by atoms with E-state index in [0.29, 0.717) is 11.5 Å². The minimum atomic E-state index is -0.885. The van der Waals surface area contributed by atoms with Gasteiger partial charge >= 0.3 is 5.91 Å². The van der Waals surface area contributed by atoms with Crippen molar-refractivity contribution in [1.82, 2.24) is 5.32 Å². The standard InChI is InChI=1S/C16H18FN3O4/c1-8-9(6-13(24-3)11(18)7-10(8)17)16(23)20(2)12-4-5-14(21)19-15(12)22/h6,12H,2,4-5,7H2,1,3H3,(H2-,18,19,21,22,23)/p+2. The SMILES string of the molecule is C=[N+](C(=O)C1=CC(OC)=C([NH3+])CC(F)=C1C)C1CCC(=O)NC1=O. The van der Waals surface area contributed by atoms with E-state index in [9.17, 15) is 18.8 Å². The van der Waals surface area contributed by atoms with Gasteiger partial charge in [0.1, 0.15) is 12.5 Å². The summed E-state index contributed by atoms with van der Waals surface area (Å²) in [5, 5.41) is 2.17. The molecule has 1 fully saturated rings. The predicted molar refractivity (Wildman–Crippen MR) is 82.0 cm³/mol. The molecule has 1 aliphatic heterocycles. The van der Waals surface area contributed by atoms with Crippen molar-refractivity contribution in [2.45, 2.75) is 32.2 Å². The number of amides is 3. The van der Waals surface area contributed by atoms with Crippen LogP contribution >= 0.6 is 0 Å². The van der Waals surface area contributed by atoms with E-state index in [-0.39, 0.29) is 36.3 Å². The Labute approximate surface area is 138 Å². The lowest BCUT2D eigenvalue weighted by molar-refractivity contribution is -0.465. The summed E-state index contributed by atoms with van der Waals surface area (Å²) in [4.78, 5) is 35.9. The van der Waals surface area contributed by atoms with E-state index >= 15 is 0 Å². The summed E-state index contributed by atoms with van der Waals surface area (Å²) in [5.41, 5.74) is 4.34. The van der Waals surface area contributed by atoms with Gasteiger partial charge in [0, 0.05) is 18.9 Å². The summed E-state index contributed by atoms with van der Waals surface area (Å²) in [6.45, 7) is 5.10. The second-order valence-electron chi connectivity index (χ2n) is 5.68. The number of hydrogen-bond donors (Lipinski definition) is 2. The van der Waals surface area contributed by atoms with Gasteiger partial charge < -0.3 is 10.5 Å². The fourth-order valence-corrected chi connectivity index (χ4v) is 2.60. The minimum absolute atomic E-state index is 0.0442. The highest BCUT2D eigenvalue weighted by atomic mass is 19.1. The van der Waals surface area contributed by atoms with Crippen molar-refractivity contribution in [1.29, 1.82) is 0 Å². The third kappa shape index (κ3) is 3.33. The van der Waals surface area contributed by atoms with Gasteiger partial charge in [0.2, 0.25) is 11.9 Å². The van der Waals surface area contributed by atoms with E-state index in [1.54, 1.807) is 0 Å². The number of halogens is 1. The van der Waals surface area contributed by atoms with Crippen LogP contribution in [0.25, 0.3) is 0 Å². The van der Waals surface area contributed by atoms with Crippen LogP contribution in [-0.4, -0.2) is 42.2 Å². The van der Waals surface area contributed by atoms with E-state index in [2.05, 4.69) is 17.8 Å². The van der Waals surface area contributed by atoms with Crippen molar-refractivity contribution < 1.29 is 33.8 Å². The molecule has 0 radical (unpaired) electrons. The Hall–Kier alpha value is -2.61. The zero-order valence-corrected chi connectivity index (χ0v) is 13.6. The first-order chi connectivity index (χ1) is 11.3. The second kappa shape index (κ2) is 6.88. The number of nitrogens with zero attached hydrogens (tertiary/aromatic N) is 1. The molecular formula is C16H20FN3O4+2. The average Bonchev–Trinajstić information content (AvgIpc) is 2.63. The molecule has 128 valence electrons. The molecule has 0 aromatic heterocycles. The number of imide groups is 1. The highest BCUT2D eigenvalue weighted by Gasteiger charge is 2.40. The van der Waals surface area contributed by atoms with E-state index in [1.165, 1.54) is 20.1 Å². The lowest BCUT2D eigenvalue weighted by Crippen LogP contribution is -2.50. The number of rotatable bonds is 3. The molecule has 4 N–H and O–H groups in total. The molecule has 1 aliphatic carbocycles. The van der Waals surface area contributed by atoms with Crippen molar-refractivity contribution in [2.75, 3.05) is 7.11 Å². The van der Waals surface area contributed by atoms with Gasteiger partial charge in [0.25, 0.3) is 5.91 Å². The molecule has 2 aliphatic rings. The molecule has 0 aromatic rings. The Balaban J connectivity index is 2.36. The first kappa shape index (κ1) is 17.7. The van der Waals surface area contributed by atoms with Crippen LogP contribution in [0.5, 0.6) is 0 Å². The summed E-state index contributed by atoms with van der Waals surface area (Å²) >= 11 is 0. The minimum Gasteiger partial charge on any atom is -0.491 e. The fraction of sp³-hybridized carbons (Fsp3) is 0.375. The van der Waals surface area contributed by atoms with Gasteiger partial charge in [0.15, 0.2) is 11.5 Å². The lowest BCUT2D eigenvalue weighted by Gasteiger charge is -2.18. The number of carbonyl (C=O) groups excluding carboxylic acids is 3. The lowest BCUT2D eigenvalue weighted by atomic mass is 10.0. The number of nitrogens with one attached hydrogen (secondary N) is 1. The molecular weight excluding hydrogens is 317 g/mol. The van der Waals surface area contributed by atoms with Gasteiger partial charge in [-0.3, -0.25) is 14.9 Å².